The standard InChI is InChI=1S/C17H16N4O4/c1-19(10-16-18-13-5-3-4-6-14(13)20(16)2)17(23)12-8-7-11(21(24)25)9-15(12)22/h3-9,22H,10H2,1-2H3. The lowest BCUT2D eigenvalue weighted by atomic mass is 10.1. The molecule has 2 aromatic carbocycles. The summed E-state index contributed by atoms with van der Waals surface area (Å²) in [6, 6.07) is 11.0. The molecular formula is C17H16N4O4. The lowest BCUT2D eigenvalue weighted by molar-refractivity contribution is -0.384. The molecule has 1 aromatic heterocycles. The molecule has 128 valence electrons. The molecule has 0 aliphatic heterocycles. The molecule has 1 heterocycles. The number of benzene rings is 2. The lowest BCUT2D eigenvalue weighted by Gasteiger charge is -2.17. The van der Waals surface area contributed by atoms with Crippen LogP contribution in [0.25, 0.3) is 11.0 Å². The number of aromatic nitrogens is 2. The van der Waals surface area contributed by atoms with Crippen molar-refractivity contribution < 1.29 is 14.8 Å². The van der Waals surface area contributed by atoms with E-state index >= 15 is 0 Å². The molecule has 1 amide bonds. The Morgan fingerprint density at radius 1 is 1.32 bits per heavy atom. The van der Waals surface area contributed by atoms with Crippen LogP contribution >= 0.6 is 0 Å². The third kappa shape index (κ3) is 3.01. The van der Waals surface area contributed by atoms with Crippen molar-refractivity contribution in [3.8, 4) is 5.75 Å². The van der Waals surface area contributed by atoms with Gasteiger partial charge < -0.3 is 14.6 Å². The van der Waals surface area contributed by atoms with Crippen molar-refractivity contribution in [2.45, 2.75) is 6.54 Å². The minimum atomic E-state index is -0.628. The smallest absolute Gasteiger partial charge is 0.273 e. The summed E-state index contributed by atoms with van der Waals surface area (Å²) in [5, 5.41) is 20.6. The zero-order valence-corrected chi connectivity index (χ0v) is 13.7. The van der Waals surface area contributed by atoms with Gasteiger partial charge in [-0.25, -0.2) is 4.98 Å². The summed E-state index contributed by atoms with van der Waals surface area (Å²) in [4.78, 5) is 28.5. The summed E-state index contributed by atoms with van der Waals surface area (Å²) in [5.74, 6) is -0.172. The molecule has 0 spiro atoms. The van der Waals surface area contributed by atoms with Crippen molar-refractivity contribution in [1.29, 1.82) is 0 Å². The van der Waals surface area contributed by atoms with E-state index in [4.69, 9.17) is 0 Å². The molecule has 0 fully saturated rings. The van der Waals surface area contributed by atoms with E-state index in [9.17, 15) is 20.0 Å². The SMILES string of the molecule is CN(Cc1nc2ccccc2n1C)C(=O)c1ccc([N+](=O)[O-])cc1O. The van der Waals surface area contributed by atoms with E-state index in [0.717, 1.165) is 17.1 Å². The van der Waals surface area contributed by atoms with Crippen LogP contribution < -0.4 is 0 Å². The number of phenols is 1. The number of amides is 1. The van der Waals surface area contributed by atoms with Crippen LogP contribution in [0.1, 0.15) is 16.2 Å². The molecular weight excluding hydrogens is 324 g/mol. The molecule has 0 saturated heterocycles. The number of hydrogen-bond donors (Lipinski definition) is 1. The summed E-state index contributed by atoms with van der Waals surface area (Å²) in [7, 11) is 3.45. The van der Waals surface area contributed by atoms with Crippen LogP contribution in [-0.2, 0) is 13.6 Å². The first kappa shape index (κ1) is 16.4. The van der Waals surface area contributed by atoms with Gasteiger partial charge in [-0.05, 0) is 18.2 Å². The number of aryl methyl sites for hydroxylation is 1. The number of nitro groups is 1. The van der Waals surface area contributed by atoms with E-state index in [1.165, 1.54) is 17.0 Å². The number of non-ortho nitro benzene ring substituents is 1. The maximum absolute atomic E-state index is 12.5. The fraction of sp³-hybridized carbons (Fsp3) is 0.176. The fourth-order valence-corrected chi connectivity index (χ4v) is 2.64. The number of phenolic OH excluding ortho intramolecular Hbond substituents is 1. The van der Waals surface area contributed by atoms with Crippen molar-refractivity contribution in [1.82, 2.24) is 14.5 Å². The third-order valence-corrected chi connectivity index (χ3v) is 4.03. The number of carbonyl (C=O) groups excluding carboxylic acids is 1. The number of fused-ring (bicyclic) bond motifs is 1. The highest BCUT2D eigenvalue weighted by atomic mass is 16.6. The van der Waals surface area contributed by atoms with Gasteiger partial charge in [0.05, 0.1) is 34.1 Å². The minimum absolute atomic E-state index is 0.00636. The Balaban J connectivity index is 1.85. The van der Waals surface area contributed by atoms with Crippen molar-refractivity contribution in [2.24, 2.45) is 7.05 Å². The molecule has 8 nitrogen and oxygen atoms in total. The molecule has 3 aromatic rings. The maximum atomic E-state index is 12.5. The van der Waals surface area contributed by atoms with Gasteiger partial charge >= 0.3 is 0 Å². The zero-order valence-electron chi connectivity index (χ0n) is 13.7. The second-order valence-electron chi connectivity index (χ2n) is 5.70. The third-order valence-electron chi connectivity index (χ3n) is 4.03. The van der Waals surface area contributed by atoms with Gasteiger partial charge in [-0.15, -0.1) is 0 Å². The monoisotopic (exact) mass is 340 g/mol. The molecule has 0 aliphatic carbocycles. The number of para-hydroxylation sites is 2. The Morgan fingerprint density at radius 2 is 2.04 bits per heavy atom. The number of rotatable bonds is 4. The summed E-state index contributed by atoms with van der Waals surface area (Å²) in [5.41, 5.74) is 1.52. The van der Waals surface area contributed by atoms with Gasteiger partial charge in [0, 0.05) is 20.2 Å². The predicted molar refractivity (Wildman–Crippen MR) is 91.3 cm³/mol. The van der Waals surface area contributed by atoms with Gasteiger partial charge in [-0.2, -0.15) is 0 Å². The van der Waals surface area contributed by atoms with Gasteiger partial charge in [-0.1, -0.05) is 12.1 Å². The van der Waals surface area contributed by atoms with Gasteiger partial charge in [0.2, 0.25) is 0 Å². The van der Waals surface area contributed by atoms with Crippen molar-refractivity contribution in [3.63, 3.8) is 0 Å². The highest BCUT2D eigenvalue weighted by Gasteiger charge is 2.20. The van der Waals surface area contributed by atoms with Crippen LogP contribution in [-0.4, -0.2) is 37.4 Å². The molecule has 25 heavy (non-hydrogen) atoms. The first-order chi connectivity index (χ1) is 11.9. The normalized spacial score (nSPS) is 10.8. The van der Waals surface area contributed by atoms with E-state index in [0.29, 0.717) is 5.82 Å². The quantitative estimate of drug-likeness (QED) is 0.581. The Bertz CT molecular complexity index is 980. The van der Waals surface area contributed by atoms with Crippen molar-refractivity contribution >= 4 is 22.6 Å². The predicted octanol–water partition coefficient (Wildman–Crippen LogP) is 2.46. The Hall–Kier alpha value is -3.42. The molecule has 3 rings (SSSR count). The van der Waals surface area contributed by atoms with Crippen molar-refractivity contribution in [3.05, 3.63) is 64.0 Å². The number of nitrogens with zero attached hydrogens (tertiary/aromatic N) is 4. The second-order valence-corrected chi connectivity index (χ2v) is 5.70. The van der Waals surface area contributed by atoms with E-state index in [1.54, 1.807) is 7.05 Å². The van der Waals surface area contributed by atoms with Crippen LogP contribution in [0.5, 0.6) is 5.75 Å². The van der Waals surface area contributed by atoms with Crippen LogP contribution in [0.4, 0.5) is 5.69 Å². The van der Waals surface area contributed by atoms with E-state index in [1.807, 2.05) is 35.9 Å². The van der Waals surface area contributed by atoms with E-state index in [2.05, 4.69) is 4.98 Å². The molecule has 0 unspecified atom stereocenters. The highest BCUT2D eigenvalue weighted by molar-refractivity contribution is 5.97. The van der Waals surface area contributed by atoms with Gasteiger partial charge in [0.1, 0.15) is 11.6 Å². The Morgan fingerprint density at radius 3 is 2.68 bits per heavy atom. The molecule has 0 radical (unpaired) electrons. The van der Waals surface area contributed by atoms with Crippen LogP contribution in [0.3, 0.4) is 0 Å². The zero-order chi connectivity index (χ0) is 18.1. The number of aromatic hydroxyl groups is 1. The van der Waals surface area contributed by atoms with Gasteiger partial charge in [0.25, 0.3) is 11.6 Å². The number of nitro benzene ring substituents is 1. The lowest BCUT2D eigenvalue weighted by Crippen LogP contribution is -2.27. The Labute approximate surface area is 143 Å². The summed E-state index contributed by atoms with van der Waals surface area (Å²) in [6.07, 6.45) is 0. The molecule has 0 bridgehead atoms. The summed E-state index contributed by atoms with van der Waals surface area (Å²) >= 11 is 0. The Kier molecular flexibility index (Phi) is 4.10. The molecule has 0 saturated carbocycles. The highest BCUT2D eigenvalue weighted by Crippen LogP contribution is 2.25. The number of hydrogen-bond acceptors (Lipinski definition) is 5. The van der Waals surface area contributed by atoms with E-state index < -0.39 is 16.6 Å². The first-order valence-electron chi connectivity index (χ1n) is 7.51. The van der Waals surface area contributed by atoms with E-state index in [-0.39, 0.29) is 17.8 Å². The fourth-order valence-electron chi connectivity index (χ4n) is 2.64. The molecule has 8 heteroatoms. The van der Waals surface area contributed by atoms with Gasteiger partial charge in [-0.3, -0.25) is 14.9 Å². The van der Waals surface area contributed by atoms with Crippen LogP contribution in [0.15, 0.2) is 42.5 Å². The van der Waals surface area contributed by atoms with Gasteiger partial charge in [0.15, 0.2) is 0 Å². The van der Waals surface area contributed by atoms with Crippen molar-refractivity contribution in [2.75, 3.05) is 7.05 Å². The van der Waals surface area contributed by atoms with Crippen LogP contribution in [0.2, 0.25) is 0 Å². The van der Waals surface area contributed by atoms with Crippen LogP contribution in [0, 0.1) is 10.1 Å². The summed E-state index contributed by atoms with van der Waals surface area (Å²) < 4.78 is 1.90. The summed E-state index contributed by atoms with van der Waals surface area (Å²) in [6.45, 7) is 0.237. The average molecular weight is 340 g/mol. The molecule has 0 atom stereocenters. The largest absolute Gasteiger partial charge is 0.507 e. The number of imidazole rings is 1. The maximum Gasteiger partial charge on any atom is 0.273 e. The number of carbonyl (C=O) groups is 1. The minimum Gasteiger partial charge on any atom is -0.507 e. The molecule has 1 N–H and O–H groups in total. The first-order valence-corrected chi connectivity index (χ1v) is 7.51. The second kappa shape index (κ2) is 6.23. The average Bonchev–Trinajstić information content (AvgIpc) is 2.90. The topological polar surface area (TPSA) is 102 Å². The molecule has 0 aliphatic rings.